The third kappa shape index (κ3) is 6.04. The molecule has 3 N–H and O–H groups in total. The lowest BCUT2D eigenvalue weighted by atomic mass is 10.2. The van der Waals surface area contributed by atoms with Crippen LogP contribution in [0.4, 0.5) is 20.0 Å². The van der Waals surface area contributed by atoms with Gasteiger partial charge in [0, 0.05) is 22.6 Å². The van der Waals surface area contributed by atoms with Crippen molar-refractivity contribution in [2.45, 2.75) is 13.0 Å². The molecule has 144 valence electrons. The minimum Gasteiger partial charge on any atom is -0.352 e. The summed E-state index contributed by atoms with van der Waals surface area (Å²) in [6.07, 6.45) is 0.0815. The summed E-state index contributed by atoms with van der Waals surface area (Å²) in [5.74, 6) is -0.538. The quantitative estimate of drug-likeness (QED) is 0.553. The number of amides is 3. The van der Waals surface area contributed by atoms with Crippen LogP contribution in [0.25, 0.3) is 0 Å². The molecule has 9 heteroatoms. The number of hydrogen-bond donors (Lipinski definition) is 3. The molecule has 1 heterocycles. The lowest BCUT2D eigenvalue weighted by Crippen LogP contribution is -2.24. The monoisotopic (exact) mass is 418 g/mol. The third-order valence-electron chi connectivity index (χ3n) is 3.62. The minimum absolute atomic E-state index is 0.0815. The second kappa shape index (κ2) is 9.29. The molecule has 6 nitrogen and oxygen atoms in total. The normalized spacial score (nSPS) is 10.4. The second-order valence-electron chi connectivity index (χ2n) is 5.81. The molecule has 0 bridgehead atoms. The Bertz CT molecular complexity index is 961. The van der Waals surface area contributed by atoms with E-state index in [1.54, 1.807) is 41.8 Å². The average Bonchev–Trinajstić information content (AvgIpc) is 3.09. The van der Waals surface area contributed by atoms with E-state index in [-0.39, 0.29) is 18.1 Å². The van der Waals surface area contributed by atoms with Gasteiger partial charge in [0.1, 0.15) is 5.82 Å². The number of carbonyl (C=O) groups is 2. The summed E-state index contributed by atoms with van der Waals surface area (Å²) < 4.78 is 12.9. The molecule has 0 aliphatic heterocycles. The summed E-state index contributed by atoms with van der Waals surface area (Å²) in [6.45, 7) is 0.303. The zero-order chi connectivity index (χ0) is 19.9. The molecule has 28 heavy (non-hydrogen) atoms. The number of anilines is 2. The second-order valence-corrected chi connectivity index (χ2v) is 7.10. The molecular formula is C19H16ClFN4O2S. The summed E-state index contributed by atoms with van der Waals surface area (Å²) in [5, 5.41) is 10.7. The highest BCUT2D eigenvalue weighted by molar-refractivity contribution is 7.14. The molecule has 3 rings (SSSR count). The number of nitrogens with zero attached hydrogens (tertiary/aromatic N) is 1. The molecule has 0 radical (unpaired) electrons. The molecule has 0 spiro atoms. The van der Waals surface area contributed by atoms with Crippen molar-refractivity contribution in [3.05, 3.63) is 76.0 Å². The fourth-order valence-corrected chi connectivity index (χ4v) is 3.10. The van der Waals surface area contributed by atoms with Crippen LogP contribution >= 0.6 is 22.9 Å². The highest BCUT2D eigenvalue weighted by Crippen LogP contribution is 2.17. The van der Waals surface area contributed by atoms with Crippen LogP contribution in [0.15, 0.2) is 53.9 Å². The lowest BCUT2D eigenvalue weighted by Gasteiger charge is -2.05. The largest absolute Gasteiger partial charge is 0.352 e. The Kier molecular flexibility index (Phi) is 6.57. The van der Waals surface area contributed by atoms with Crippen LogP contribution in [0.1, 0.15) is 11.3 Å². The van der Waals surface area contributed by atoms with Crippen LogP contribution in [0.3, 0.4) is 0 Å². The third-order valence-corrected chi connectivity index (χ3v) is 4.68. The molecule has 3 amide bonds. The first kappa shape index (κ1) is 19.8. The molecule has 0 unspecified atom stereocenters. The van der Waals surface area contributed by atoms with Gasteiger partial charge in [-0.3, -0.25) is 10.1 Å². The summed E-state index contributed by atoms with van der Waals surface area (Å²) in [5.41, 5.74) is 1.94. The molecule has 0 aliphatic rings. The molecule has 3 aromatic rings. The van der Waals surface area contributed by atoms with Crippen molar-refractivity contribution in [3.8, 4) is 0 Å². The maximum Gasteiger partial charge on any atom is 0.325 e. The lowest BCUT2D eigenvalue weighted by molar-refractivity contribution is -0.120. The van der Waals surface area contributed by atoms with E-state index in [2.05, 4.69) is 20.9 Å². The Morgan fingerprint density at radius 1 is 1.04 bits per heavy atom. The van der Waals surface area contributed by atoms with E-state index in [1.807, 2.05) is 0 Å². The van der Waals surface area contributed by atoms with Gasteiger partial charge in [0.15, 0.2) is 5.13 Å². The molecule has 2 aromatic carbocycles. The number of hydrogen-bond acceptors (Lipinski definition) is 4. The van der Waals surface area contributed by atoms with Crippen LogP contribution in [-0.2, 0) is 17.8 Å². The SMILES string of the molecule is O=C(Cc1csc(NC(=O)Nc2ccc(Cl)cc2)n1)NCc1ccc(F)cc1. The van der Waals surface area contributed by atoms with Gasteiger partial charge in [0.2, 0.25) is 5.91 Å². The van der Waals surface area contributed by atoms with Crippen LogP contribution in [0.2, 0.25) is 5.02 Å². The molecule has 0 aliphatic carbocycles. The fraction of sp³-hybridized carbons (Fsp3) is 0.105. The number of nitrogens with one attached hydrogen (secondary N) is 3. The van der Waals surface area contributed by atoms with Gasteiger partial charge in [-0.1, -0.05) is 23.7 Å². The maximum absolute atomic E-state index is 12.9. The molecular weight excluding hydrogens is 403 g/mol. The van der Waals surface area contributed by atoms with Crippen molar-refractivity contribution in [1.82, 2.24) is 10.3 Å². The van der Waals surface area contributed by atoms with E-state index in [0.717, 1.165) is 5.56 Å². The zero-order valence-corrected chi connectivity index (χ0v) is 16.1. The van der Waals surface area contributed by atoms with Crippen molar-refractivity contribution < 1.29 is 14.0 Å². The fourth-order valence-electron chi connectivity index (χ4n) is 2.27. The highest BCUT2D eigenvalue weighted by Gasteiger charge is 2.10. The van der Waals surface area contributed by atoms with E-state index in [4.69, 9.17) is 11.6 Å². The van der Waals surface area contributed by atoms with E-state index in [1.165, 1.54) is 23.5 Å². The molecule has 0 saturated carbocycles. The molecule has 0 saturated heterocycles. The van der Waals surface area contributed by atoms with Crippen molar-refractivity contribution in [1.29, 1.82) is 0 Å². The summed E-state index contributed by atoms with van der Waals surface area (Å²) in [6, 6.07) is 12.2. The van der Waals surface area contributed by atoms with Crippen molar-refractivity contribution in [3.63, 3.8) is 0 Å². The van der Waals surface area contributed by atoms with Crippen molar-refractivity contribution >= 4 is 45.7 Å². The standard InChI is InChI=1S/C19H16ClFN4O2S/c20-13-3-7-15(8-4-13)23-18(27)25-19-24-16(11-28-19)9-17(26)22-10-12-1-5-14(21)6-2-12/h1-8,11H,9-10H2,(H,22,26)(H2,23,24,25,27). The number of carbonyl (C=O) groups excluding carboxylic acids is 2. The first-order chi connectivity index (χ1) is 13.5. The van der Waals surface area contributed by atoms with Gasteiger partial charge in [0.05, 0.1) is 12.1 Å². The number of rotatable bonds is 6. The van der Waals surface area contributed by atoms with Gasteiger partial charge >= 0.3 is 6.03 Å². The topological polar surface area (TPSA) is 83.1 Å². The van der Waals surface area contributed by atoms with Gasteiger partial charge in [-0.25, -0.2) is 14.2 Å². The Balaban J connectivity index is 1.46. The smallest absolute Gasteiger partial charge is 0.325 e. The summed E-state index contributed by atoms with van der Waals surface area (Å²) in [7, 11) is 0. The van der Waals surface area contributed by atoms with Crippen LogP contribution in [-0.4, -0.2) is 16.9 Å². The predicted molar refractivity (Wildman–Crippen MR) is 108 cm³/mol. The number of halogens is 2. The van der Waals surface area contributed by atoms with Gasteiger partial charge < -0.3 is 10.6 Å². The van der Waals surface area contributed by atoms with Crippen molar-refractivity contribution in [2.24, 2.45) is 0 Å². The number of aromatic nitrogens is 1. The first-order valence-corrected chi connectivity index (χ1v) is 9.53. The summed E-state index contributed by atoms with van der Waals surface area (Å²) >= 11 is 7.02. The van der Waals surface area contributed by atoms with Gasteiger partial charge in [-0.2, -0.15) is 0 Å². The Labute approximate surface area is 169 Å². The molecule has 0 atom stereocenters. The predicted octanol–water partition coefficient (Wildman–Crippen LogP) is 4.44. The molecule has 0 fully saturated rings. The van der Waals surface area contributed by atoms with Crippen LogP contribution in [0.5, 0.6) is 0 Å². The maximum atomic E-state index is 12.9. The summed E-state index contributed by atoms with van der Waals surface area (Å²) in [4.78, 5) is 28.2. The Morgan fingerprint density at radius 2 is 1.75 bits per heavy atom. The van der Waals surface area contributed by atoms with E-state index >= 15 is 0 Å². The van der Waals surface area contributed by atoms with Gasteiger partial charge in [-0.15, -0.1) is 11.3 Å². The number of urea groups is 1. The Morgan fingerprint density at radius 3 is 2.46 bits per heavy atom. The van der Waals surface area contributed by atoms with E-state index in [9.17, 15) is 14.0 Å². The minimum atomic E-state index is -0.441. The van der Waals surface area contributed by atoms with E-state index in [0.29, 0.717) is 28.1 Å². The molecule has 1 aromatic heterocycles. The van der Waals surface area contributed by atoms with Crippen molar-refractivity contribution in [2.75, 3.05) is 10.6 Å². The Hall–Kier alpha value is -2.97. The number of benzene rings is 2. The average molecular weight is 419 g/mol. The van der Waals surface area contributed by atoms with E-state index < -0.39 is 6.03 Å². The van der Waals surface area contributed by atoms with Crippen LogP contribution < -0.4 is 16.0 Å². The van der Waals surface area contributed by atoms with Crippen LogP contribution in [0, 0.1) is 5.82 Å². The zero-order valence-electron chi connectivity index (χ0n) is 14.5. The van der Waals surface area contributed by atoms with Gasteiger partial charge in [-0.05, 0) is 42.0 Å². The first-order valence-electron chi connectivity index (χ1n) is 8.27. The van der Waals surface area contributed by atoms with Gasteiger partial charge in [0.25, 0.3) is 0 Å². The highest BCUT2D eigenvalue weighted by atomic mass is 35.5. The number of thiazole rings is 1.